The summed E-state index contributed by atoms with van der Waals surface area (Å²) in [6, 6.07) is 26.7. The van der Waals surface area contributed by atoms with Gasteiger partial charge in [-0.2, -0.15) is 0 Å². The highest BCUT2D eigenvalue weighted by atomic mass is 16.7. The average Bonchev–Trinajstić information content (AvgIpc) is 3.35. The van der Waals surface area contributed by atoms with E-state index in [9.17, 15) is 14.7 Å². The number of rotatable bonds is 9. The molecular weight excluding hydrogens is 596 g/mol. The van der Waals surface area contributed by atoms with E-state index in [1.165, 1.54) is 16.0 Å². The minimum atomic E-state index is -0.606. The van der Waals surface area contributed by atoms with Gasteiger partial charge in [0.05, 0.1) is 50.7 Å². The van der Waals surface area contributed by atoms with Gasteiger partial charge in [-0.3, -0.25) is 19.4 Å². The molecular formula is C38H38N2O7. The minimum Gasteiger partial charge on any atom is -0.493 e. The molecule has 4 aromatic rings. The lowest BCUT2D eigenvalue weighted by Gasteiger charge is -2.39. The second-order valence-corrected chi connectivity index (χ2v) is 12.3. The number of hydrogen-bond donors (Lipinski definition) is 1. The molecule has 3 aliphatic rings. The summed E-state index contributed by atoms with van der Waals surface area (Å²) in [5, 5.41) is 9.56. The predicted octanol–water partition coefficient (Wildman–Crippen LogP) is 5.60. The monoisotopic (exact) mass is 634 g/mol. The van der Waals surface area contributed by atoms with Crippen molar-refractivity contribution in [1.82, 2.24) is 9.80 Å². The quantitative estimate of drug-likeness (QED) is 0.238. The number of benzene rings is 4. The van der Waals surface area contributed by atoms with Crippen LogP contribution in [0.4, 0.5) is 0 Å². The van der Waals surface area contributed by atoms with Crippen LogP contribution in [0.2, 0.25) is 0 Å². The Morgan fingerprint density at radius 3 is 2.04 bits per heavy atom. The van der Waals surface area contributed by atoms with Crippen LogP contribution in [0.15, 0.2) is 84.9 Å². The van der Waals surface area contributed by atoms with Crippen molar-refractivity contribution in [3.8, 4) is 11.5 Å². The molecule has 7 rings (SSSR count). The molecule has 3 unspecified atom stereocenters. The van der Waals surface area contributed by atoms with Crippen LogP contribution >= 0.6 is 0 Å². The molecule has 242 valence electrons. The number of nitrogens with zero attached hydrogens (tertiary/aromatic N) is 2. The van der Waals surface area contributed by atoms with E-state index in [0.717, 1.165) is 59.8 Å². The van der Waals surface area contributed by atoms with Gasteiger partial charge in [0.2, 0.25) is 0 Å². The molecule has 3 aliphatic heterocycles. The van der Waals surface area contributed by atoms with Gasteiger partial charge >= 0.3 is 0 Å². The Labute approximate surface area is 274 Å². The first-order valence-corrected chi connectivity index (χ1v) is 15.9. The van der Waals surface area contributed by atoms with E-state index in [-0.39, 0.29) is 37.2 Å². The lowest BCUT2D eigenvalue weighted by Crippen LogP contribution is -2.41. The predicted molar refractivity (Wildman–Crippen MR) is 174 cm³/mol. The lowest BCUT2D eigenvalue weighted by atomic mass is 9.96. The minimum absolute atomic E-state index is 0.0136. The van der Waals surface area contributed by atoms with Crippen LogP contribution in [-0.2, 0) is 35.6 Å². The van der Waals surface area contributed by atoms with Gasteiger partial charge in [0.25, 0.3) is 11.8 Å². The fourth-order valence-corrected chi connectivity index (χ4v) is 6.76. The van der Waals surface area contributed by atoms with Crippen molar-refractivity contribution in [3.63, 3.8) is 0 Å². The molecule has 9 nitrogen and oxygen atoms in total. The summed E-state index contributed by atoms with van der Waals surface area (Å²) in [7, 11) is 3.32. The highest BCUT2D eigenvalue weighted by Crippen LogP contribution is 2.39. The summed E-state index contributed by atoms with van der Waals surface area (Å²) in [5.74, 6) is 0.933. The normalized spacial score (nSPS) is 21.0. The number of fused-ring (bicyclic) bond motifs is 2. The van der Waals surface area contributed by atoms with Gasteiger partial charge in [0.15, 0.2) is 17.8 Å². The fraction of sp³-hybridized carbons (Fsp3) is 0.316. The van der Waals surface area contributed by atoms with Crippen LogP contribution in [0, 0.1) is 0 Å². The molecule has 0 spiro atoms. The number of hydrogen-bond acceptors (Lipinski definition) is 8. The number of carbonyl (C=O) groups excluding carboxylic acids is 2. The van der Waals surface area contributed by atoms with Gasteiger partial charge in [-0.25, -0.2) is 0 Å². The Morgan fingerprint density at radius 1 is 0.787 bits per heavy atom. The van der Waals surface area contributed by atoms with Crippen molar-refractivity contribution in [3.05, 3.63) is 129 Å². The zero-order valence-corrected chi connectivity index (χ0v) is 26.6. The molecule has 0 aliphatic carbocycles. The van der Waals surface area contributed by atoms with E-state index in [1.54, 1.807) is 38.5 Å². The number of imide groups is 1. The highest BCUT2D eigenvalue weighted by Gasteiger charge is 2.36. The van der Waals surface area contributed by atoms with E-state index in [0.29, 0.717) is 17.5 Å². The molecule has 1 fully saturated rings. The molecule has 0 radical (unpaired) electrons. The maximum absolute atomic E-state index is 12.9. The zero-order chi connectivity index (χ0) is 32.5. The molecule has 9 heteroatoms. The maximum Gasteiger partial charge on any atom is 0.261 e. The number of aliphatic hydroxyl groups excluding tert-OH is 1. The Hall–Kier alpha value is -4.54. The zero-order valence-electron chi connectivity index (χ0n) is 26.6. The van der Waals surface area contributed by atoms with Crippen molar-refractivity contribution in [2.75, 3.05) is 27.3 Å². The summed E-state index contributed by atoms with van der Waals surface area (Å²) in [6.45, 7) is 2.59. The SMILES string of the molecule is COc1cc2c(cc1OC)CN(CC1CC(c3ccc(CO)cc3)OC(c3ccc(CN4C(=O)c5ccccc5C4=O)cc3)O1)CC2. The topological polar surface area (TPSA) is 97.8 Å². The number of carbonyl (C=O) groups is 2. The Morgan fingerprint density at radius 2 is 1.40 bits per heavy atom. The molecule has 0 bridgehead atoms. The Balaban J connectivity index is 1.08. The lowest BCUT2D eigenvalue weighted by molar-refractivity contribution is -0.253. The van der Waals surface area contributed by atoms with Gasteiger partial charge in [-0.15, -0.1) is 0 Å². The average molecular weight is 635 g/mol. The highest BCUT2D eigenvalue weighted by molar-refractivity contribution is 6.21. The second kappa shape index (κ2) is 13.3. The van der Waals surface area contributed by atoms with Crippen molar-refractivity contribution in [2.45, 2.75) is 51.0 Å². The van der Waals surface area contributed by atoms with Gasteiger partial charge in [-0.1, -0.05) is 60.7 Å². The summed E-state index contributed by atoms with van der Waals surface area (Å²) < 4.78 is 24.3. The first kappa shape index (κ1) is 31.1. The van der Waals surface area contributed by atoms with Crippen molar-refractivity contribution >= 4 is 11.8 Å². The molecule has 1 N–H and O–H groups in total. The smallest absolute Gasteiger partial charge is 0.261 e. The third kappa shape index (κ3) is 6.27. The molecule has 0 saturated carbocycles. The Bertz CT molecular complexity index is 1740. The number of aliphatic hydroxyl groups is 1. The van der Waals surface area contributed by atoms with Gasteiger partial charge in [-0.05, 0) is 58.5 Å². The van der Waals surface area contributed by atoms with Crippen LogP contribution in [-0.4, -0.2) is 60.1 Å². The van der Waals surface area contributed by atoms with Gasteiger partial charge in [0.1, 0.15) is 0 Å². The molecule has 3 atom stereocenters. The first-order chi connectivity index (χ1) is 22.9. The molecule has 3 heterocycles. The maximum atomic E-state index is 12.9. The van der Waals surface area contributed by atoms with E-state index in [1.807, 2.05) is 48.5 Å². The van der Waals surface area contributed by atoms with E-state index in [2.05, 4.69) is 17.0 Å². The number of ether oxygens (including phenoxy) is 4. The molecule has 47 heavy (non-hydrogen) atoms. The molecule has 0 aromatic heterocycles. The summed E-state index contributed by atoms with van der Waals surface area (Å²) in [6.07, 6.45) is 0.679. The number of methoxy groups -OCH3 is 2. The standard InChI is InChI=1S/C38H38N2O7/c1-44-34-17-28-15-16-39(21-29(28)18-35(34)45-2)22-30-19-33(26-11-9-25(23-41)10-12-26)47-38(46-30)27-13-7-24(8-14-27)20-40-36(42)31-5-3-4-6-32(31)37(40)43/h3-14,17-18,30,33,38,41H,15-16,19-23H2,1-2H3. The van der Waals surface area contributed by atoms with E-state index in [4.69, 9.17) is 18.9 Å². The summed E-state index contributed by atoms with van der Waals surface area (Å²) in [5.41, 5.74) is 6.96. The summed E-state index contributed by atoms with van der Waals surface area (Å²) >= 11 is 0. The first-order valence-electron chi connectivity index (χ1n) is 15.9. The molecule has 2 amide bonds. The van der Waals surface area contributed by atoms with Gasteiger partial charge < -0.3 is 24.1 Å². The molecule has 4 aromatic carbocycles. The summed E-state index contributed by atoms with van der Waals surface area (Å²) in [4.78, 5) is 29.5. The van der Waals surface area contributed by atoms with E-state index >= 15 is 0 Å². The third-order valence-corrected chi connectivity index (χ3v) is 9.34. The van der Waals surface area contributed by atoms with Crippen LogP contribution in [0.5, 0.6) is 11.5 Å². The number of amides is 2. The third-order valence-electron chi connectivity index (χ3n) is 9.34. The van der Waals surface area contributed by atoms with Crippen molar-refractivity contribution in [1.29, 1.82) is 0 Å². The van der Waals surface area contributed by atoms with Crippen LogP contribution < -0.4 is 9.47 Å². The van der Waals surface area contributed by atoms with Crippen LogP contribution in [0.3, 0.4) is 0 Å². The van der Waals surface area contributed by atoms with E-state index < -0.39 is 6.29 Å². The van der Waals surface area contributed by atoms with Crippen molar-refractivity contribution < 1.29 is 33.6 Å². The van der Waals surface area contributed by atoms with Crippen LogP contribution in [0.1, 0.15) is 72.9 Å². The fourth-order valence-electron chi connectivity index (χ4n) is 6.76. The second-order valence-electron chi connectivity index (χ2n) is 12.3. The van der Waals surface area contributed by atoms with Crippen molar-refractivity contribution in [2.24, 2.45) is 0 Å². The molecule has 1 saturated heterocycles. The largest absolute Gasteiger partial charge is 0.493 e. The van der Waals surface area contributed by atoms with Gasteiger partial charge in [0, 0.05) is 31.6 Å². The Kier molecular flexibility index (Phi) is 8.79. The van der Waals surface area contributed by atoms with Crippen LogP contribution in [0.25, 0.3) is 0 Å².